The lowest BCUT2D eigenvalue weighted by Gasteiger charge is -2.33. The molecular weight excluding hydrogens is 369 g/mol. The molecule has 1 unspecified atom stereocenters. The lowest BCUT2D eigenvalue weighted by atomic mass is 9.99. The molecule has 0 aliphatic carbocycles. The first-order chi connectivity index (χ1) is 12.7. The molecule has 4 nitrogen and oxygen atoms in total. The Hall–Kier alpha value is -1.75. The largest absolute Gasteiger partial charge is 0.396 e. The van der Waals surface area contributed by atoms with Gasteiger partial charge in [0, 0.05) is 35.3 Å². The van der Waals surface area contributed by atoms with E-state index in [4.69, 9.17) is 28.2 Å². The van der Waals surface area contributed by atoms with E-state index in [2.05, 4.69) is 15.5 Å². The van der Waals surface area contributed by atoms with Crippen molar-refractivity contribution in [3.8, 4) is 0 Å². The number of benzene rings is 2. The predicted molar refractivity (Wildman–Crippen MR) is 107 cm³/mol. The van der Waals surface area contributed by atoms with Crippen LogP contribution in [-0.2, 0) is 6.54 Å². The molecule has 1 fully saturated rings. The van der Waals surface area contributed by atoms with Crippen molar-refractivity contribution in [2.75, 3.05) is 24.6 Å². The summed E-state index contributed by atoms with van der Waals surface area (Å²) in [5, 5.41) is 10.9. The number of rotatable bonds is 4. The first-order valence-corrected chi connectivity index (χ1v) is 9.67. The van der Waals surface area contributed by atoms with Gasteiger partial charge in [0.2, 0.25) is 5.95 Å². The topological polar surface area (TPSA) is 41.3 Å². The molecule has 1 saturated heterocycles. The lowest BCUT2D eigenvalue weighted by Crippen LogP contribution is -2.38. The van der Waals surface area contributed by atoms with Gasteiger partial charge in [-0.3, -0.25) is 0 Å². The van der Waals surface area contributed by atoms with Gasteiger partial charge >= 0.3 is 0 Å². The van der Waals surface area contributed by atoms with Crippen molar-refractivity contribution in [1.82, 2.24) is 9.55 Å². The summed E-state index contributed by atoms with van der Waals surface area (Å²) in [5.41, 5.74) is 2.91. The monoisotopic (exact) mass is 389 g/mol. The minimum atomic E-state index is 0.215. The number of halogens is 2. The maximum Gasteiger partial charge on any atom is 0.206 e. The van der Waals surface area contributed by atoms with E-state index in [0.717, 1.165) is 48.5 Å². The Bertz CT molecular complexity index is 904. The van der Waals surface area contributed by atoms with Gasteiger partial charge in [-0.2, -0.15) is 0 Å². The normalized spacial score (nSPS) is 17.8. The van der Waals surface area contributed by atoms with Gasteiger partial charge in [-0.1, -0.05) is 41.4 Å². The first-order valence-electron chi connectivity index (χ1n) is 8.91. The van der Waals surface area contributed by atoms with Crippen LogP contribution in [-0.4, -0.2) is 34.4 Å². The summed E-state index contributed by atoms with van der Waals surface area (Å²) in [5.74, 6) is 1.21. The molecule has 4 rings (SSSR count). The molecule has 0 bridgehead atoms. The summed E-state index contributed by atoms with van der Waals surface area (Å²) < 4.78 is 2.18. The first kappa shape index (κ1) is 17.7. The van der Waals surface area contributed by atoms with E-state index in [-0.39, 0.29) is 6.61 Å². The number of aliphatic hydroxyl groups excluding tert-OH is 1. The number of hydrogen-bond acceptors (Lipinski definition) is 3. The zero-order chi connectivity index (χ0) is 18.1. The molecule has 1 aliphatic rings. The van der Waals surface area contributed by atoms with Crippen molar-refractivity contribution in [1.29, 1.82) is 0 Å². The third-order valence-electron chi connectivity index (χ3n) is 5.07. The molecule has 1 N–H and O–H groups in total. The van der Waals surface area contributed by atoms with Crippen LogP contribution in [0.4, 0.5) is 5.95 Å². The summed E-state index contributed by atoms with van der Waals surface area (Å²) >= 11 is 12.8. The number of aliphatic hydroxyl groups is 1. The fraction of sp³-hybridized carbons (Fsp3) is 0.350. The Labute approximate surface area is 163 Å². The summed E-state index contributed by atoms with van der Waals surface area (Å²) in [7, 11) is 0. The minimum Gasteiger partial charge on any atom is -0.396 e. The van der Waals surface area contributed by atoms with Gasteiger partial charge in [0.25, 0.3) is 0 Å². The van der Waals surface area contributed by atoms with E-state index in [0.29, 0.717) is 22.5 Å². The Morgan fingerprint density at radius 3 is 2.62 bits per heavy atom. The molecule has 1 atom stereocenters. The Balaban J connectivity index is 1.79. The number of aromatic nitrogens is 2. The van der Waals surface area contributed by atoms with Crippen molar-refractivity contribution in [3.63, 3.8) is 0 Å². The van der Waals surface area contributed by atoms with Crippen LogP contribution < -0.4 is 4.90 Å². The summed E-state index contributed by atoms with van der Waals surface area (Å²) in [4.78, 5) is 7.15. The third-order valence-corrected chi connectivity index (χ3v) is 5.78. The number of anilines is 1. The number of imidazole rings is 1. The van der Waals surface area contributed by atoms with Gasteiger partial charge in [0.1, 0.15) is 0 Å². The second-order valence-corrected chi connectivity index (χ2v) is 7.64. The molecule has 0 amide bonds. The summed E-state index contributed by atoms with van der Waals surface area (Å²) in [6.45, 7) is 2.54. The molecule has 1 aliphatic heterocycles. The van der Waals surface area contributed by atoms with E-state index in [1.54, 1.807) is 0 Å². The zero-order valence-corrected chi connectivity index (χ0v) is 15.9. The van der Waals surface area contributed by atoms with E-state index in [1.807, 2.05) is 36.4 Å². The Morgan fingerprint density at radius 1 is 1.08 bits per heavy atom. The fourth-order valence-electron chi connectivity index (χ4n) is 3.70. The molecule has 1 aromatic heterocycles. The van der Waals surface area contributed by atoms with E-state index in [1.165, 1.54) is 0 Å². The summed E-state index contributed by atoms with van der Waals surface area (Å²) in [6, 6.07) is 13.7. The van der Waals surface area contributed by atoms with Crippen LogP contribution in [0.5, 0.6) is 0 Å². The minimum absolute atomic E-state index is 0.215. The van der Waals surface area contributed by atoms with E-state index in [9.17, 15) is 5.11 Å². The van der Waals surface area contributed by atoms with Crippen LogP contribution in [0.1, 0.15) is 18.4 Å². The Morgan fingerprint density at radius 2 is 1.85 bits per heavy atom. The predicted octanol–water partition coefficient (Wildman–Crippen LogP) is 4.60. The number of nitrogens with zero attached hydrogens (tertiary/aromatic N) is 3. The van der Waals surface area contributed by atoms with Crippen LogP contribution in [0.25, 0.3) is 11.0 Å². The highest BCUT2D eigenvalue weighted by Gasteiger charge is 2.24. The Kier molecular flexibility index (Phi) is 5.07. The van der Waals surface area contributed by atoms with Gasteiger partial charge in [0.05, 0.1) is 17.6 Å². The van der Waals surface area contributed by atoms with Gasteiger partial charge in [-0.05, 0) is 43.0 Å². The van der Waals surface area contributed by atoms with Crippen LogP contribution in [0.2, 0.25) is 10.0 Å². The van der Waals surface area contributed by atoms with Crippen LogP contribution in [0.3, 0.4) is 0 Å². The van der Waals surface area contributed by atoms with Crippen molar-refractivity contribution in [3.05, 3.63) is 58.1 Å². The molecule has 0 radical (unpaired) electrons. The maximum atomic E-state index is 9.58. The van der Waals surface area contributed by atoms with Gasteiger partial charge in [0.15, 0.2) is 0 Å². The van der Waals surface area contributed by atoms with Gasteiger partial charge in [-0.25, -0.2) is 4.98 Å². The van der Waals surface area contributed by atoms with Crippen LogP contribution in [0.15, 0.2) is 42.5 Å². The summed E-state index contributed by atoms with van der Waals surface area (Å²) in [6.07, 6.45) is 2.12. The number of para-hydroxylation sites is 2. The van der Waals surface area contributed by atoms with Crippen LogP contribution >= 0.6 is 23.2 Å². The number of fused-ring (bicyclic) bond motifs is 1. The van der Waals surface area contributed by atoms with Crippen molar-refractivity contribution < 1.29 is 5.11 Å². The van der Waals surface area contributed by atoms with E-state index < -0.39 is 0 Å². The average Bonchev–Trinajstić information content (AvgIpc) is 3.03. The van der Waals surface area contributed by atoms with Gasteiger partial charge in [-0.15, -0.1) is 0 Å². The molecule has 0 saturated carbocycles. The standard InChI is InChI=1S/C20H21Cl2N3O/c21-16-6-3-7-17(22)15(16)12-25-19-9-2-1-8-18(19)23-20(25)24-10-4-5-14(11-24)13-26/h1-3,6-9,14,26H,4-5,10-13H2. The number of hydrogen-bond donors (Lipinski definition) is 1. The second-order valence-electron chi connectivity index (χ2n) is 6.82. The highest BCUT2D eigenvalue weighted by atomic mass is 35.5. The highest BCUT2D eigenvalue weighted by molar-refractivity contribution is 6.36. The average molecular weight is 390 g/mol. The second kappa shape index (κ2) is 7.47. The van der Waals surface area contributed by atoms with Crippen molar-refractivity contribution in [2.24, 2.45) is 5.92 Å². The molecule has 26 heavy (non-hydrogen) atoms. The zero-order valence-electron chi connectivity index (χ0n) is 14.4. The SMILES string of the molecule is OCC1CCCN(c2nc3ccccc3n2Cc2c(Cl)cccc2Cl)C1. The maximum absolute atomic E-state index is 9.58. The molecule has 0 spiro atoms. The van der Waals surface area contributed by atoms with Crippen molar-refractivity contribution in [2.45, 2.75) is 19.4 Å². The molecule has 3 aromatic rings. The molecule has 2 heterocycles. The lowest BCUT2D eigenvalue weighted by molar-refractivity contribution is 0.208. The van der Waals surface area contributed by atoms with Crippen molar-refractivity contribution >= 4 is 40.2 Å². The number of piperidine rings is 1. The third kappa shape index (κ3) is 3.29. The van der Waals surface area contributed by atoms with Crippen LogP contribution in [0, 0.1) is 5.92 Å². The quantitative estimate of drug-likeness (QED) is 0.708. The molecule has 2 aromatic carbocycles. The molecular formula is C20H21Cl2N3O. The van der Waals surface area contributed by atoms with E-state index >= 15 is 0 Å². The smallest absolute Gasteiger partial charge is 0.206 e. The fourth-order valence-corrected chi connectivity index (χ4v) is 4.21. The molecule has 136 valence electrons. The molecule has 6 heteroatoms. The highest BCUT2D eigenvalue weighted by Crippen LogP contribution is 2.31. The van der Waals surface area contributed by atoms with Gasteiger partial charge < -0.3 is 14.6 Å².